The van der Waals surface area contributed by atoms with Crippen LogP contribution in [0.5, 0.6) is 0 Å². The van der Waals surface area contributed by atoms with Crippen molar-refractivity contribution in [2.45, 2.75) is 24.8 Å². The molecule has 1 saturated carbocycles. The zero-order valence-corrected chi connectivity index (χ0v) is 11.5. The molecular weight excluding hydrogens is 246 g/mol. The predicted molar refractivity (Wildman–Crippen MR) is 83.2 cm³/mol. The third-order valence-electron chi connectivity index (χ3n) is 4.23. The summed E-state index contributed by atoms with van der Waals surface area (Å²) in [4.78, 5) is 4.49. The first-order valence-electron chi connectivity index (χ1n) is 7.44. The molecule has 0 saturated heterocycles. The van der Waals surface area contributed by atoms with Gasteiger partial charge in [0.15, 0.2) is 5.96 Å². The number of hydrogen-bond acceptors (Lipinski definition) is 3. The Labute approximate surface area is 119 Å². The van der Waals surface area contributed by atoms with Gasteiger partial charge in [-0.05, 0) is 29.2 Å². The van der Waals surface area contributed by atoms with E-state index in [1.807, 2.05) is 0 Å². The smallest absolute Gasteiger partial charge is 0.191 e. The topological polar surface area (TPSA) is 36.4 Å². The molecule has 2 aromatic rings. The first kappa shape index (κ1) is 11.8. The quantitative estimate of drug-likeness (QED) is 0.875. The van der Waals surface area contributed by atoms with Crippen LogP contribution < -0.4 is 10.6 Å². The molecule has 1 heterocycles. The molecule has 102 valence electrons. The molecule has 2 aliphatic rings. The van der Waals surface area contributed by atoms with Crippen molar-refractivity contribution >= 4 is 16.7 Å². The Bertz CT molecular complexity index is 657. The van der Waals surface area contributed by atoms with Crippen molar-refractivity contribution in [2.75, 3.05) is 13.1 Å². The number of aliphatic imine (C=N–C) groups is 1. The van der Waals surface area contributed by atoms with Crippen molar-refractivity contribution < 1.29 is 0 Å². The molecule has 0 radical (unpaired) electrons. The maximum absolute atomic E-state index is 4.49. The van der Waals surface area contributed by atoms with E-state index in [-0.39, 0.29) is 0 Å². The van der Waals surface area contributed by atoms with E-state index in [0.29, 0.717) is 12.0 Å². The van der Waals surface area contributed by atoms with Gasteiger partial charge in [0.2, 0.25) is 0 Å². The van der Waals surface area contributed by atoms with Crippen molar-refractivity contribution in [2.24, 2.45) is 4.99 Å². The standard InChI is InChI=1S/C17H19N3/c1-2-7-13-12(5-1)6-3-8-14(13)15-11-16(15)20-17-18-9-4-10-19-17/h1-3,5-8,15-16H,4,9-11H2,(H2,18,19,20)/t15-,16+/m0/s1. The summed E-state index contributed by atoms with van der Waals surface area (Å²) in [6.45, 7) is 1.98. The predicted octanol–water partition coefficient (Wildman–Crippen LogP) is 2.63. The van der Waals surface area contributed by atoms with Gasteiger partial charge in [-0.3, -0.25) is 4.99 Å². The molecule has 20 heavy (non-hydrogen) atoms. The molecule has 1 aliphatic heterocycles. The number of nitrogens with zero attached hydrogens (tertiary/aromatic N) is 1. The maximum atomic E-state index is 4.49. The van der Waals surface area contributed by atoms with E-state index in [2.05, 4.69) is 58.1 Å². The highest BCUT2D eigenvalue weighted by Gasteiger charge is 2.39. The molecule has 0 amide bonds. The molecule has 4 rings (SSSR count). The molecule has 2 N–H and O–H groups in total. The fraction of sp³-hybridized carbons (Fsp3) is 0.353. The van der Waals surface area contributed by atoms with Crippen LogP contribution in [0.1, 0.15) is 24.3 Å². The molecule has 1 aliphatic carbocycles. The summed E-state index contributed by atoms with van der Waals surface area (Å²) >= 11 is 0. The third kappa shape index (κ3) is 2.13. The van der Waals surface area contributed by atoms with Crippen LogP contribution in [0.4, 0.5) is 0 Å². The monoisotopic (exact) mass is 265 g/mol. The minimum Gasteiger partial charge on any atom is -0.356 e. The Balaban J connectivity index is 1.55. The molecule has 0 spiro atoms. The van der Waals surface area contributed by atoms with Gasteiger partial charge in [0, 0.05) is 25.0 Å². The van der Waals surface area contributed by atoms with E-state index in [0.717, 1.165) is 25.5 Å². The fourth-order valence-electron chi connectivity index (χ4n) is 3.08. The van der Waals surface area contributed by atoms with Crippen molar-refractivity contribution in [1.82, 2.24) is 10.6 Å². The molecule has 0 aromatic heterocycles. The van der Waals surface area contributed by atoms with Crippen LogP contribution in [0.15, 0.2) is 47.5 Å². The molecule has 3 nitrogen and oxygen atoms in total. The second-order valence-corrected chi connectivity index (χ2v) is 5.67. The highest BCUT2D eigenvalue weighted by atomic mass is 15.2. The molecule has 0 unspecified atom stereocenters. The Morgan fingerprint density at radius 1 is 1.10 bits per heavy atom. The van der Waals surface area contributed by atoms with Crippen LogP contribution in [-0.4, -0.2) is 25.1 Å². The van der Waals surface area contributed by atoms with Crippen molar-refractivity contribution in [3.05, 3.63) is 48.0 Å². The summed E-state index contributed by atoms with van der Waals surface area (Å²) in [5.41, 5.74) is 1.47. The van der Waals surface area contributed by atoms with Crippen molar-refractivity contribution in [3.8, 4) is 0 Å². The molecule has 1 fully saturated rings. The van der Waals surface area contributed by atoms with E-state index >= 15 is 0 Å². The van der Waals surface area contributed by atoms with Gasteiger partial charge in [-0.25, -0.2) is 0 Å². The van der Waals surface area contributed by atoms with Gasteiger partial charge in [0.1, 0.15) is 0 Å². The summed E-state index contributed by atoms with van der Waals surface area (Å²) in [5.74, 6) is 1.61. The maximum Gasteiger partial charge on any atom is 0.191 e. The van der Waals surface area contributed by atoms with Gasteiger partial charge in [-0.1, -0.05) is 42.5 Å². The summed E-state index contributed by atoms with van der Waals surface area (Å²) in [5, 5.41) is 9.61. The van der Waals surface area contributed by atoms with E-state index in [9.17, 15) is 0 Å². The lowest BCUT2D eigenvalue weighted by Crippen LogP contribution is -2.42. The van der Waals surface area contributed by atoms with Crippen LogP contribution in [0.3, 0.4) is 0 Å². The van der Waals surface area contributed by atoms with Crippen LogP contribution in [0, 0.1) is 0 Å². The normalized spacial score (nSPS) is 24.9. The Kier molecular flexibility index (Phi) is 2.84. The lowest BCUT2D eigenvalue weighted by atomic mass is 10.0. The van der Waals surface area contributed by atoms with Crippen molar-refractivity contribution in [3.63, 3.8) is 0 Å². The largest absolute Gasteiger partial charge is 0.356 e. The fourth-order valence-corrected chi connectivity index (χ4v) is 3.08. The van der Waals surface area contributed by atoms with Crippen LogP contribution >= 0.6 is 0 Å². The second-order valence-electron chi connectivity index (χ2n) is 5.67. The summed E-state index contributed by atoms with van der Waals surface area (Å²) < 4.78 is 0. The number of benzene rings is 2. The highest BCUT2D eigenvalue weighted by Crippen LogP contribution is 2.43. The average molecular weight is 265 g/mol. The molecule has 2 aromatic carbocycles. The van der Waals surface area contributed by atoms with Gasteiger partial charge in [0.05, 0.1) is 0 Å². The minimum atomic E-state index is 0.533. The summed E-state index contributed by atoms with van der Waals surface area (Å²) in [6.07, 6.45) is 2.34. The average Bonchev–Trinajstić information content (AvgIpc) is 3.27. The minimum absolute atomic E-state index is 0.533. The zero-order valence-electron chi connectivity index (χ0n) is 11.5. The zero-order chi connectivity index (χ0) is 13.4. The van der Waals surface area contributed by atoms with Gasteiger partial charge in [-0.15, -0.1) is 0 Å². The van der Waals surface area contributed by atoms with E-state index in [1.165, 1.54) is 22.8 Å². The van der Waals surface area contributed by atoms with E-state index < -0.39 is 0 Å². The molecular formula is C17H19N3. The highest BCUT2D eigenvalue weighted by molar-refractivity contribution is 5.87. The second kappa shape index (κ2) is 4.82. The number of rotatable bonds is 2. The SMILES string of the molecule is c1ccc2c([C@@H]3C[C@H]3NC3=NCCCN3)cccc2c1. The van der Waals surface area contributed by atoms with Gasteiger partial charge >= 0.3 is 0 Å². The Morgan fingerprint density at radius 3 is 2.90 bits per heavy atom. The van der Waals surface area contributed by atoms with E-state index in [4.69, 9.17) is 0 Å². The van der Waals surface area contributed by atoms with Crippen LogP contribution in [0.2, 0.25) is 0 Å². The van der Waals surface area contributed by atoms with Crippen molar-refractivity contribution in [1.29, 1.82) is 0 Å². The Morgan fingerprint density at radius 2 is 2.00 bits per heavy atom. The number of fused-ring (bicyclic) bond motifs is 1. The van der Waals surface area contributed by atoms with Crippen LogP contribution in [0.25, 0.3) is 10.8 Å². The Hall–Kier alpha value is -2.03. The lowest BCUT2D eigenvalue weighted by Gasteiger charge is -2.16. The van der Waals surface area contributed by atoms with Gasteiger partial charge in [0.25, 0.3) is 0 Å². The summed E-state index contributed by atoms with van der Waals surface area (Å²) in [6, 6.07) is 15.8. The molecule has 2 atom stereocenters. The number of hydrogen-bond donors (Lipinski definition) is 2. The molecule has 0 bridgehead atoms. The first-order valence-corrected chi connectivity index (χ1v) is 7.44. The van der Waals surface area contributed by atoms with Gasteiger partial charge in [-0.2, -0.15) is 0 Å². The third-order valence-corrected chi connectivity index (χ3v) is 4.23. The number of nitrogens with one attached hydrogen (secondary N) is 2. The molecule has 3 heteroatoms. The number of guanidine groups is 1. The lowest BCUT2D eigenvalue weighted by molar-refractivity contribution is 0.697. The summed E-state index contributed by atoms with van der Waals surface area (Å²) in [7, 11) is 0. The van der Waals surface area contributed by atoms with E-state index in [1.54, 1.807) is 0 Å². The van der Waals surface area contributed by atoms with Crippen LogP contribution in [-0.2, 0) is 0 Å². The van der Waals surface area contributed by atoms with Gasteiger partial charge < -0.3 is 10.6 Å². The first-order chi connectivity index (χ1) is 9.92.